The predicted molar refractivity (Wildman–Crippen MR) is 73.9 cm³/mol. The Morgan fingerprint density at radius 1 is 1.33 bits per heavy atom. The third kappa shape index (κ3) is 2.82. The molecule has 1 heterocycles. The fraction of sp³-hybridized carbons (Fsp3) is 0.167. The van der Waals surface area contributed by atoms with Crippen LogP contribution in [-0.4, -0.2) is 34.8 Å². The standard InChI is InChI=1S/C12H13N3O5S/c1-6-11(7(2)14-13-6)21(19,20)15-9-5-8(12(17)18)3-4-10(9)16/h3-5,15-16H,1-2H3,(H,13,14)(H,17,18). The van der Waals surface area contributed by atoms with Gasteiger partial charge in [0.2, 0.25) is 0 Å². The zero-order valence-electron chi connectivity index (χ0n) is 11.2. The van der Waals surface area contributed by atoms with Gasteiger partial charge in [-0.25, -0.2) is 13.2 Å². The van der Waals surface area contributed by atoms with Gasteiger partial charge >= 0.3 is 5.97 Å². The van der Waals surface area contributed by atoms with Crippen molar-refractivity contribution in [3.63, 3.8) is 0 Å². The van der Waals surface area contributed by atoms with E-state index in [0.717, 1.165) is 12.1 Å². The van der Waals surface area contributed by atoms with Crippen LogP contribution < -0.4 is 4.72 Å². The first-order chi connectivity index (χ1) is 9.72. The van der Waals surface area contributed by atoms with E-state index >= 15 is 0 Å². The number of carboxylic acids is 1. The number of aryl methyl sites for hydroxylation is 2. The highest BCUT2D eigenvalue weighted by Crippen LogP contribution is 2.28. The number of nitrogens with one attached hydrogen (secondary N) is 2. The third-order valence-corrected chi connectivity index (χ3v) is 4.44. The van der Waals surface area contributed by atoms with Crippen LogP contribution in [0.3, 0.4) is 0 Å². The average Bonchev–Trinajstić information content (AvgIpc) is 2.71. The number of aromatic amines is 1. The molecule has 1 aromatic carbocycles. The number of anilines is 1. The number of aromatic hydroxyl groups is 1. The van der Waals surface area contributed by atoms with Crippen LogP contribution in [0.5, 0.6) is 5.75 Å². The Labute approximate surface area is 120 Å². The molecule has 4 N–H and O–H groups in total. The van der Waals surface area contributed by atoms with E-state index in [1.165, 1.54) is 13.0 Å². The van der Waals surface area contributed by atoms with Gasteiger partial charge in [0.15, 0.2) is 0 Å². The molecule has 9 heteroatoms. The second-order valence-corrected chi connectivity index (χ2v) is 6.02. The van der Waals surface area contributed by atoms with Gasteiger partial charge < -0.3 is 10.2 Å². The minimum Gasteiger partial charge on any atom is -0.506 e. The van der Waals surface area contributed by atoms with E-state index < -0.39 is 16.0 Å². The van der Waals surface area contributed by atoms with Crippen molar-refractivity contribution in [2.75, 3.05) is 4.72 Å². The van der Waals surface area contributed by atoms with E-state index in [9.17, 15) is 18.3 Å². The summed E-state index contributed by atoms with van der Waals surface area (Å²) in [7, 11) is -3.99. The summed E-state index contributed by atoms with van der Waals surface area (Å²) in [5.74, 6) is -1.60. The lowest BCUT2D eigenvalue weighted by Crippen LogP contribution is -2.15. The van der Waals surface area contributed by atoms with Gasteiger partial charge in [-0.05, 0) is 32.0 Å². The second kappa shape index (κ2) is 5.09. The van der Waals surface area contributed by atoms with Gasteiger partial charge in [-0.15, -0.1) is 0 Å². The number of carboxylic acid groups (broad SMARTS) is 1. The number of sulfonamides is 1. The van der Waals surface area contributed by atoms with Crippen molar-refractivity contribution in [3.05, 3.63) is 35.2 Å². The van der Waals surface area contributed by atoms with Crippen LogP contribution >= 0.6 is 0 Å². The Kier molecular flexibility index (Phi) is 3.60. The molecule has 2 rings (SSSR count). The lowest BCUT2D eigenvalue weighted by Gasteiger charge is -2.10. The number of hydrogen-bond donors (Lipinski definition) is 4. The Morgan fingerprint density at radius 3 is 2.52 bits per heavy atom. The van der Waals surface area contributed by atoms with Crippen LogP contribution in [0.2, 0.25) is 0 Å². The number of hydrogen-bond acceptors (Lipinski definition) is 5. The molecule has 21 heavy (non-hydrogen) atoms. The molecule has 0 saturated carbocycles. The first-order valence-electron chi connectivity index (χ1n) is 5.83. The summed E-state index contributed by atoms with van der Waals surface area (Å²) in [6.45, 7) is 3.06. The summed E-state index contributed by atoms with van der Waals surface area (Å²) in [5, 5.41) is 24.9. The number of benzene rings is 1. The number of carbonyl (C=O) groups is 1. The van der Waals surface area contributed by atoms with Crippen LogP contribution in [0.25, 0.3) is 0 Å². The van der Waals surface area contributed by atoms with Crippen LogP contribution in [0, 0.1) is 13.8 Å². The number of rotatable bonds is 4. The molecule has 2 aromatic rings. The maximum atomic E-state index is 12.3. The SMILES string of the molecule is Cc1n[nH]c(C)c1S(=O)(=O)Nc1cc(C(=O)O)ccc1O. The lowest BCUT2D eigenvalue weighted by molar-refractivity contribution is 0.0697. The maximum absolute atomic E-state index is 12.3. The zero-order chi connectivity index (χ0) is 15.8. The van der Waals surface area contributed by atoms with Crippen molar-refractivity contribution in [2.24, 2.45) is 0 Å². The first kappa shape index (κ1) is 14.9. The fourth-order valence-corrected chi connectivity index (χ4v) is 3.32. The molecule has 0 radical (unpaired) electrons. The molecular weight excluding hydrogens is 298 g/mol. The minimum atomic E-state index is -3.99. The van der Waals surface area contributed by atoms with Crippen LogP contribution in [0.1, 0.15) is 21.7 Å². The smallest absolute Gasteiger partial charge is 0.335 e. The van der Waals surface area contributed by atoms with E-state index in [4.69, 9.17) is 5.11 Å². The van der Waals surface area contributed by atoms with Gasteiger partial charge in [-0.3, -0.25) is 9.82 Å². The third-order valence-electron chi connectivity index (χ3n) is 2.82. The number of phenolic OH excluding ortho intramolecular Hbond substituents is 1. The highest BCUT2D eigenvalue weighted by Gasteiger charge is 2.23. The van der Waals surface area contributed by atoms with Gasteiger partial charge in [0, 0.05) is 0 Å². The Balaban J connectivity index is 2.46. The normalized spacial score (nSPS) is 11.3. The number of H-pyrrole nitrogens is 1. The Bertz CT molecular complexity index is 791. The monoisotopic (exact) mass is 311 g/mol. The van der Waals surface area contributed by atoms with Gasteiger partial charge in [0.25, 0.3) is 10.0 Å². The molecular formula is C12H13N3O5S. The first-order valence-corrected chi connectivity index (χ1v) is 7.31. The number of phenols is 1. The van der Waals surface area contributed by atoms with Crippen molar-refractivity contribution in [2.45, 2.75) is 18.7 Å². The molecule has 0 saturated heterocycles. The van der Waals surface area contributed by atoms with Crippen molar-refractivity contribution in [3.8, 4) is 5.75 Å². The number of aromatic nitrogens is 2. The Morgan fingerprint density at radius 2 is 2.00 bits per heavy atom. The topological polar surface area (TPSA) is 132 Å². The molecule has 0 bridgehead atoms. The number of aromatic carboxylic acids is 1. The largest absolute Gasteiger partial charge is 0.506 e. The highest BCUT2D eigenvalue weighted by molar-refractivity contribution is 7.92. The van der Waals surface area contributed by atoms with E-state index in [-0.39, 0.29) is 27.6 Å². The van der Waals surface area contributed by atoms with Crippen LogP contribution in [0.15, 0.2) is 23.1 Å². The fourth-order valence-electron chi connectivity index (χ4n) is 1.88. The Hall–Kier alpha value is -2.55. The summed E-state index contributed by atoms with van der Waals surface area (Å²) in [6, 6.07) is 3.32. The molecule has 112 valence electrons. The quantitative estimate of drug-likeness (QED) is 0.628. The molecule has 0 atom stereocenters. The van der Waals surface area contributed by atoms with Crippen molar-refractivity contribution in [1.82, 2.24) is 10.2 Å². The number of nitrogens with zero attached hydrogens (tertiary/aromatic N) is 1. The molecule has 0 unspecified atom stereocenters. The van der Waals surface area contributed by atoms with Gasteiger partial charge in [0.1, 0.15) is 10.6 Å². The van der Waals surface area contributed by atoms with E-state index in [2.05, 4.69) is 14.9 Å². The van der Waals surface area contributed by atoms with Gasteiger partial charge in [-0.2, -0.15) is 5.10 Å². The minimum absolute atomic E-state index is 0.0392. The molecule has 1 aromatic heterocycles. The van der Waals surface area contributed by atoms with Gasteiger partial charge in [0.05, 0.1) is 22.6 Å². The summed E-state index contributed by atoms with van der Waals surface area (Å²) in [5.41, 5.74) is 0.254. The second-order valence-electron chi connectivity index (χ2n) is 4.41. The molecule has 0 aliphatic heterocycles. The molecule has 8 nitrogen and oxygen atoms in total. The molecule has 0 fully saturated rings. The summed E-state index contributed by atoms with van der Waals surface area (Å²) in [4.78, 5) is 10.9. The van der Waals surface area contributed by atoms with E-state index in [0.29, 0.717) is 5.69 Å². The summed E-state index contributed by atoms with van der Waals surface area (Å²) >= 11 is 0. The van der Waals surface area contributed by atoms with Crippen LogP contribution in [0.4, 0.5) is 5.69 Å². The van der Waals surface area contributed by atoms with E-state index in [1.807, 2.05) is 0 Å². The van der Waals surface area contributed by atoms with Gasteiger partial charge in [-0.1, -0.05) is 0 Å². The van der Waals surface area contributed by atoms with E-state index in [1.54, 1.807) is 6.92 Å². The lowest BCUT2D eigenvalue weighted by atomic mass is 10.2. The molecule has 0 spiro atoms. The average molecular weight is 311 g/mol. The summed E-state index contributed by atoms with van der Waals surface area (Å²) in [6.07, 6.45) is 0. The van der Waals surface area contributed by atoms with Crippen molar-refractivity contribution in [1.29, 1.82) is 0 Å². The van der Waals surface area contributed by atoms with Crippen molar-refractivity contribution < 1.29 is 23.4 Å². The highest BCUT2D eigenvalue weighted by atomic mass is 32.2. The van der Waals surface area contributed by atoms with Crippen molar-refractivity contribution >= 4 is 21.7 Å². The zero-order valence-corrected chi connectivity index (χ0v) is 12.0. The maximum Gasteiger partial charge on any atom is 0.335 e. The molecule has 0 aliphatic carbocycles. The predicted octanol–water partition coefficient (Wildman–Crippen LogP) is 1.23. The molecule has 0 amide bonds. The van der Waals surface area contributed by atoms with Crippen LogP contribution in [-0.2, 0) is 10.0 Å². The molecule has 0 aliphatic rings. The summed E-state index contributed by atoms with van der Waals surface area (Å²) < 4.78 is 26.8.